The van der Waals surface area contributed by atoms with Gasteiger partial charge in [0, 0.05) is 6.20 Å². The number of rotatable bonds is 2. The lowest BCUT2D eigenvalue weighted by atomic mass is 9.87. The van der Waals surface area contributed by atoms with E-state index in [1.807, 2.05) is 20.8 Å². The summed E-state index contributed by atoms with van der Waals surface area (Å²) >= 11 is 0. The highest BCUT2D eigenvalue weighted by molar-refractivity contribution is 6.04. The van der Waals surface area contributed by atoms with E-state index in [2.05, 4.69) is 10.3 Å². The van der Waals surface area contributed by atoms with Crippen molar-refractivity contribution in [2.24, 2.45) is 0 Å². The molecule has 1 amide bonds. The van der Waals surface area contributed by atoms with Crippen LogP contribution < -0.4 is 10.9 Å². The molecule has 0 radical (unpaired) electrons. The Balaban J connectivity index is 2.34. The van der Waals surface area contributed by atoms with Gasteiger partial charge in [-0.3, -0.25) is 9.59 Å². The molecule has 1 aromatic carbocycles. The first-order valence-corrected chi connectivity index (χ1v) is 6.61. The molecule has 0 unspecified atom stereocenters. The van der Waals surface area contributed by atoms with Crippen LogP contribution in [0.5, 0.6) is 5.75 Å². The Kier molecular flexibility index (Phi) is 3.84. The van der Waals surface area contributed by atoms with E-state index >= 15 is 0 Å². The van der Waals surface area contributed by atoms with Crippen LogP contribution in [0.15, 0.2) is 41.3 Å². The second kappa shape index (κ2) is 5.44. The van der Waals surface area contributed by atoms with E-state index in [9.17, 15) is 14.7 Å². The zero-order chi connectivity index (χ0) is 15.6. The first-order chi connectivity index (χ1) is 9.79. The van der Waals surface area contributed by atoms with Crippen molar-refractivity contribution in [3.63, 3.8) is 0 Å². The Morgan fingerprint density at radius 3 is 2.57 bits per heavy atom. The van der Waals surface area contributed by atoms with E-state index in [0.29, 0.717) is 0 Å². The van der Waals surface area contributed by atoms with E-state index in [4.69, 9.17) is 0 Å². The van der Waals surface area contributed by atoms with E-state index in [-0.39, 0.29) is 22.4 Å². The van der Waals surface area contributed by atoms with Gasteiger partial charge in [-0.1, -0.05) is 26.8 Å². The average molecular weight is 286 g/mol. The first-order valence-electron chi connectivity index (χ1n) is 6.61. The number of phenolic OH excluding ortho intramolecular Hbond substituents is 1. The number of amides is 1. The Morgan fingerprint density at radius 2 is 1.95 bits per heavy atom. The molecule has 21 heavy (non-hydrogen) atoms. The molecule has 0 aliphatic rings. The number of anilines is 1. The quantitative estimate of drug-likeness (QED) is 0.742. The van der Waals surface area contributed by atoms with E-state index in [0.717, 1.165) is 5.56 Å². The van der Waals surface area contributed by atoms with Gasteiger partial charge in [0.25, 0.3) is 11.5 Å². The highest BCUT2D eigenvalue weighted by atomic mass is 16.3. The van der Waals surface area contributed by atoms with Crippen LogP contribution in [0.2, 0.25) is 0 Å². The van der Waals surface area contributed by atoms with Crippen LogP contribution >= 0.6 is 0 Å². The van der Waals surface area contributed by atoms with Crippen molar-refractivity contribution in [2.75, 3.05) is 5.32 Å². The zero-order valence-corrected chi connectivity index (χ0v) is 12.2. The number of pyridine rings is 1. The van der Waals surface area contributed by atoms with Crippen LogP contribution in [0.1, 0.15) is 36.7 Å². The number of phenols is 1. The Morgan fingerprint density at radius 1 is 1.24 bits per heavy atom. The van der Waals surface area contributed by atoms with Gasteiger partial charge in [0.05, 0.1) is 5.69 Å². The molecule has 2 aromatic rings. The Bertz CT molecular complexity index is 727. The van der Waals surface area contributed by atoms with Gasteiger partial charge in [-0.25, -0.2) is 0 Å². The predicted molar refractivity (Wildman–Crippen MR) is 81.8 cm³/mol. The molecule has 0 saturated carbocycles. The molecule has 1 heterocycles. The molecule has 0 spiro atoms. The number of aromatic amines is 1. The van der Waals surface area contributed by atoms with Gasteiger partial charge in [0.1, 0.15) is 11.3 Å². The summed E-state index contributed by atoms with van der Waals surface area (Å²) in [6.07, 6.45) is 1.46. The number of carbonyl (C=O) groups excluding carboxylic acids is 1. The number of hydrogen-bond donors (Lipinski definition) is 3. The summed E-state index contributed by atoms with van der Waals surface area (Å²) in [6.45, 7) is 6.10. The van der Waals surface area contributed by atoms with Crippen molar-refractivity contribution in [1.29, 1.82) is 0 Å². The zero-order valence-electron chi connectivity index (χ0n) is 12.2. The lowest BCUT2D eigenvalue weighted by molar-refractivity contribution is 0.102. The maximum Gasteiger partial charge on any atom is 0.261 e. The van der Waals surface area contributed by atoms with Gasteiger partial charge in [-0.2, -0.15) is 0 Å². The van der Waals surface area contributed by atoms with Gasteiger partial charge in [-0.15, -0.1) is 0 Å². The highest BCUT2D eigenvalue weighted by Crippen LogP contribution is 2.30. The number of aromatic nitrogens is 1. The molecule has 1 aromatic heterocycles. The number of nitrogens with one attached hydrogen (secondary N) is 2. The molecule has 0 bridgehead atoms. The molecule has 0 atom stereocenters. The lowest BCUT2D eigenvalue weighted by Gasteiger charge is -2.20. The van der Waals surface area contributed by atoms with Gasteiger partial charge in [0.2, 0.25) is 0 Å². The maximum absolute atomic E-state index is 12.1. The molecule has 0 saturated heterocycles. The largest absolute Gasteiger partial charge is 0.506 e. The fourth-order valence-electron chi connectivity index (χ4n) is 1.89. The summed E-state index contributed by atoms with van der Waals surface area (Å²) in [5, 5.41) is 12.4. The van der Waals surface area contributed by atoms with Crippen molar-refractivity contribution < 1.29 is 9.90 Å². The minimum absolute atomic E-state index is 0.00179. The fraction of sp³-hybridized carbons (Fsp3) is 0.250. The molecule has 5 nitrogen and oxygen atoms in total. The van der Waals surface area contributed by atoms with Gasteiger partial charge in [-0.05, 0) is 35.2 Å². The Labute approximate surface area is 122 Å². The lowest BCUT2D eigenvalue weighted by Crippen LogP contribution is -2.22. The number of carbonyl (C=O) groups is 1. The predicted octanol–water partition coefficient (Wildman–Crippen LogP) is 2.63. The topological polar surface area (TPSA) is 82.2 Å². The molecular formula is C16H18N2O3. The summed E-state index contributed by atoms with van der Waals surface area (Å²) < 4.78 is 0. The molecule has 110 valence electrons. The minimum Gasteiger partial charge on any atom is -0.506 e. The highest BCUT2D eigenvalue weighted by Gasteiger charge is 2.17. The van der Waals surface area contributed by atoms with Gasteiger partial charge >= 0.3 is 0 Å². The molecule has 0 fully saturated rings. The molecule has 0 aliphatic heterocycles. The van der Waals surface area contributed by atoms with Crippen molar-refractivity contribution in [2.45, 2.75) is 26.2 Å². The summed E-state index contributed by atoms with van der Waals surface area (Å²) in [7, 11) is 0. The van der Waals surface area contributed by atoms with Crippen LogP contribution in [0.3, 0.4) is 0 Å². The summed E-state index contributed by atoms with van der Waals surface area (Å²) in [4.78, 5) is 26.1. The molecule has 2 rings (SSSR count). The number of aromatic hydroxyl groups is 1. The van der Waals surface area contributed by atoms with Crippen LogP contribution in [0, 0.1) is 0 Å². The second-order valence-corrected chi connectivity index (χ2v) is 5.85. The van der Waals surface area contributed by atoms with Crippen molar-refractivity contribution >= 4 is 11.6 Å². The summed E-state index contributed by atoms with van der Waals surface area (Å²) in [6, 6.07) is 8.05. The van der Waals surface area contributed by atoms with Crippen LogP contribution in [0.4, 0.5) is 5.69 Å². The van der Waals surface area contributed by atoms with Crippen molar-refractivity contribution in [3.8, 4) is 5.75 Å². The standard InChI is InChI=1S/C16H18N2O3/c1-16(2,3)10-6-7-13(19)12(9-10)18-15(21)11-5-4-8-17-14(11)20/h4-9,19H,1-3H3,(H,17,20)(H,18,21). The van der Waals surface area contributed by atoms with Crippen LogP contribution in [-0.2, 0) is 5.41 Å². The van der Waals surface area contributed by atoms with Crippen LogP contribution in [-0.4, -0.2) is 16.0 Å². The molecule has 0 aliphatic carbocycles. The smallest absolute Gasteiger partial charge is 0.261 e. The average Bonchev–Trinajstić information content (AvgIpc) is 2.40. The molecular weight excluding hydrogens is 268 g/mol. The monoisotopic (exact) mass is 286 g/mol. The second-order valence-electron chi connectivity index (χ2n) is 5.85. The molecule has 5 heteroatoms. The van der Waals surface area contributed by atoms with E-state index in [1.165, 1.54) is 18.3 Å². The summed E-state index contributed by atoms with van der Waals surface area (Å²) in [5.74, 6) is -0.595. The fourth-order valence-corrected chi connectivity index (χ4v) is 1.89. The van der Waals surface area contributed by atoms with Crippen LogP contribution in [0.25, 0.3) is 0 Å². The van der Waals surface area contributed by atoms with E-state index in [1.54, 1.807) is 18.2 Å². The Hall–Kier alpha value is -2.56. The minimum atomic E-state index is -0.557. The van der Waals surface area contributed by atoms with Gasteiger partial charge < -0.3 is 15.4 Å². The first kappa shape index (κ1) is 14.8. The maximum atomic E-state index is 12.1. The SMILES string of the molecule is CC(C)(C)c1ccc(O)c(NC(=O)c2ccc[nH]c2=O)c1. The third-order valence-corrected chi connectivity index (χ3v) is 3.17. The van der Waals surface area contributed by atoms with E-state index < -0.39 is 11.5 Å². The van der Waals surface area contributed by atoms with Gasteiger partial charge in [0.15, 0.2) is 0 Å². The number of H-pyrrole nitrogens is 1. The van der Waals surface area contributed by atoms with Crippen molar-refractivity contribution in [1.82, 2.24) is 4.98 Å². The third kappa shape index (κ3) is 3.31. The molecule has 3 N–H and O–H groups in total. The van der Waals surface area contributed by atoms with Crippen molar-refractivity contribution in [3.05, 3.63) is 58.0 Å². The third-order valence-electron chi connectivity index (χ3n) is 3.17. The normalized spacial score (nSPS) is 11.2. The number of hydrogen-bond acceptors (Lipinski definition) is 3. The number of benzene rings is 1. The summed E-state index contributed by atoms with van der Waals surface area (Å²) in [5.41, 5.74) is 0.671.